The molecule has 4 nitrogen and oxygen atoms in total. The van der Waals surface area contributed by atoms with E-state index in [1.165, 1.54) is 0 Å². The normalized spacial score (nSPS) is 15.4. The molecule has 0 saturated carbocycles. The summed E-state index contributed by atoms with van der Waals surface area (Å²) in [5, 5.41) is 12.7. The molecule has 2 N–H and O–H groups in total. The highest BCUT2D eigenvalue weighted by Crippen LogP contribution is 2.08. The van der Waals surface area contributed by atoms with Crippen LogP contribution in [0, 0.1) is 0 Å². The largest absolute Gasteiger partial charge is 0.394 e. The van der Waals surface area contributed by atoms with Gasteiger partial charge in [-0.15, -0.1) is 0 Å². The van der Waals surface area contributed by atoms with Crippen molar-refractivity contribution in [1.29, 1.82) is 0 Å². The van der Waals surface area contributed by atoms with Crippen molar-refractivity contribution in [2.75, 3.05) is 46.5 Å². The minimum atomic E-state index is -0.158. The molecule has 0 aromatic carbocycles. The summed E-state index contributed by atoms with van der Waals surface area (Å²) in [4.78, 5) is 2.24. The molecule has 0 aliphatic carbocycles. The lowest BCUT2D eigenvalue weighted by molar-refractivity contribution is 0.111. The standard InChI is InChI=1S/C12H28N2O2/c1-5-13-12(3,11-15)7-8-14(4)9-10-16-6-2/h13,15H,5-11H2,1-4H3. The fraction of sp³-hybridized carbons (Fsp3) is 1.00. The van der Waals surface area contributed by atoms with Gasteiger partial charge in [0.15, 0.2) is 0 Å². The summed E-state index contributed by atoms with van der Waals surface area (Å²) in [7, 11) is 2.09. The van der Waals surface area contributed by atoms with Gasteiger partial charge in [-0.3, -0.25) is 0 Å². The summed E-state index contributed by atoms with van der Waals surface area (Å²) in [5.74, 6) is 0. The fourth-order valence-corrected chi connectivity index (χ4v) is 1.56. The van der Waals surface area contributed by atoms with Gasteiger partial charge in [0, 0.05) is 18.7 Å². The highest BCUT2D eigenvalue weighted by Gasteiger charge is 2.21. The minimum absolute atomic E-state index is 0.158. The first-order valence-corrected chi connectivity index (χ1v) is 6.20. The Morgan fingerprint density at radius 3 is 2.50 bits per heavy atom. The van der Waals surface area contributed by atoms with Gasteiger partial charge in [-0.2, -0.15) is 0 Å². The second kappa shape index (κ2) is 8.93. The van der Waals surface area contributed by atoms with Crippen molar-refractivity contribution in [3.63, 3.8) is 0 Å². The summed E-state index contributed by atoms with van der Waals surface area (Å²) < 4.78 is 5.30. The molecule has 0 amide bonds. The van der Waals surface area contributed by atoms with Crippen LogP contribution in [0.5, 0.6) is 0 Å². The molecule has 0 saturated heterocycles. The number of nitrogens with zero attached hydrogens (tertiary/aromatic N) is 1. The van der Waals surface area contributed by atoms with Crippen LogP contribution in [0.4, 0.5) is 0 Å². The quantitative estimate of drug-likeness (QED) is 0.544. The van der Waals surface area contributed by atoms with Crippen LogP contribution in [-0.4, -0.2) is 62.0 Å². The highest BCUT2D eigenvalue weighted by molar-refractivity contribution is 4.82. The van der Waals surface area contributed by atoms with Crippen molar-refractivity contribution in [1.82, 2.24) is 10.2 Å². The van der Waals surface area contributed by atoms with Crippen LogP contribution in [0.25, 0.3) is 0 Å². The molecule has 0 radical (unpaired) electrons. The number of nitrogens with one attached hydrogen (secondary N) is 1. The summed E-state index contributed by atoms with van der Waals surface area (Å²) in [5.41, 5.74) is -0.158. The van der Waals surface area contributed by atoms with E-state index in [1.54, 1.807) is 0 Å². The fourth-order valence-electron chi connectivity index (χ4n) is 1.56. The first-order valence-electron chi connectivity index (χ1n) is 6.20. The maximum absolute atomic E-state index is 9.34. The minimum Gasteiger partial charge on any atom is -0.394 e. The SMILES string of the molecule is CCNC(C)(CO)CCN(C)CCOCC. The third-order valence-electron chi connectivity index (χ3n) is 2.82. The lowest BCUT2D eigenvalue weighted by Crippen LogP contribution is -2.47. The molecule has 0 bridgehead atoms. The van der Waals surface area contributed by atoms with E-state index in [0.29, 0.717) is 0 Å². The zero-order chi connectivity index (χ0) is 12.4. The third kappa shape index (κ3) is 7.17. The van der Waals surface area contributed by atoms with E-state index >= 15 is 0 Å². The molecular formula is C12H28N2O2. The number of aliphatic hydroxyl groups excluding tert-OH is 1. The van der Waals surface area contributed by atoms with Crippen LogP contribution < -0.4 is 5.32 Å². The Bertz CT molecular complexity index is 167. The average molecular weight is 232 g/mol. The first kappa shape index (κ1) is 15.8. The molecule has 16 heavy (non-hydrogen) atoms. The number of hydrogen-bond acceptors (Lipinski definition) is 4. The number of likely N-dealkylation sites (N-methyl/N-ethyl adjacent to an activating group) is 2. The van der Waals surface area contributed by atoms with Crippen molar-refractivity contribution >= 4 is 0 Å². The molecule has 0 aliphatic heterocycles. The van der Waals surface area contributed by atoms with Crippen molar-refractivity contribution < 1.29 is 9.84 Å². The van der Waals surface area contributed by atoms with Gasteiger partial charge in [0.1, 0.15) is 0 Å². The Morgan fingerprint density at radius 1 is 1.31 bits per heavy atom. The van der Waals surface area contributed by atoms with Crippen molar-refractivity contribution in [3.8, 4) is 0 Å². The second-order valence-electron chi connectivity index (χ2n) is 4.50. The van der Waals surface area contributed by atoms with Gasteiger partial charge >= 0.3 is 0 Å². The van der Waals surface area contributed by atoms with Gasteiger partial charge in [0.25, 0.3) is 0 Å². The molecule has 0 fully saturated rings. The molecule has 0 spiro atoms. The lowest BCUT2D eigenvalue weighted by Gasteiger charge is -2.30. The van der Waals surface area contributed by atoms with E-state index in [-0.39, 0.29) is 12.1 Å². The maximum atomic E-state index is 9.34. The van der Waals surface area contributed by atoms with Gasteiger partial charge in [-0.05, 0) is 40.4 Å². The van der Waals surface area contributed by atoms with E-state index < -0.39 is 0 Å². The van der Waals surface area contributed by atoms with Gasteiger partial charge in [-0.1, -0.05) is 6.92 Å². The zero-order valence-electron chi connectivity index (χ0n) is 11.3. The summed E-state index contributed by atoms with van der Waals surface area (Å²) in [6.07, 6.45) is 0.944. The second-order valence-corrected chi connectivity index (χ2v) is 4.50. The Balaban J connectivity index is 3.74. The van der Waals surface area contributed by atoms with E-state index in [1.807, 2.05) is 6.92 Å². The number of aliphatic hydroxyl groups is 1. The Hall–Kier alpha value is -0.160. The van der Waals surface area contributed by atoms with Crippen molar-refractivity contribution in [2.24, 2.45) is 0 Å². The molecule has 98 valence electrons. The van der Waals surface area contributed by atoms with Crippen molar-refractivity contribution in [2.45, 2.75) is 32.7 Å². The molecular weight excluding hydrogens is 204 g/mol. The monoisotopic (exact) mass is 232 g/mol. The van der Waals surface area contributed by atoms with E-state index in [2.05, 4.69) is 31.1 Å². The number of hydrogen-bond donors (Lipinski definition) is 2. The number of ether oxygens (including phenoxy) is 1. The predicted octanol–water partition coefficient (Wildman–Crippen LogP) is 0.705. The lowest BCUT2D eigenvalue weighted by atomic mass is 9.99. The van der Waals surface area contributed by atoms with Gasteiger partial charge in [0.05, 0.1) is 13.2 Å². The van der Waals surface area contributed by atoms with Crippen LogP contribution in [0.15, 0.2) is 0 Å². The summed E-state index contributed by atoms with van der Waals surface area (Å²) in [6, 6.07) is 0. The van der Waals surface area contributed by atoms with E-state index in [0.717, 1.165) is 39.3 Å². The molecule has 0 rings (SSSR count). The Labute approximate surface area is 100.0 Å². The predicted molar refractivity (Wildman–Crippen MR) is 67.8 cm³/mol. The highest BCUT2D eigenvalue weighted by atomic mass is 16.5. The van der Waals surface area contributed by atoms with Gasteiger partial charge in [-0.25, -0.2) is 0 Å². The third-order valence-corrected chi connectivity index (χ3v) is 2.82. The molecule has 0 aromatic heterocycles. The molecule has 4 heteroatoms. The topological polar surface area (TPSA) is 44.7 Å². The van der Waals surface area contributed by atoms with Crippen molar-refractivity contribution in [3.05, 3.63) is 0 Å². The van der Waals surface area contributed by atoms with Crippen LogP contribution in [-0.2, 0) is 4.74 Å². The maximum Gasteiger partial charge on any atom is 0.0611 e. The molecule has 0 aliphatic rings. The van der Waals surface area contributed by atoms with Crippen LogP contribution in [0.3, 0.4) is 0 Å². The zero-order valence-corrected chi connectivity index (χ0v) is 11.3. The molecule has 0 aromatic rings. The number of rotatable bonds is 10. The van der Waals surface area contributed by atoms with Gasteiger partial charge < -0.3 is 20.1 Å². The summed E-state index contributed by atoms with van der Waals surface area (Å²) >= 11 is 0. The molecule has 1 unspecified atom stereocenters. The average Bonchev–Trinajstić information content (AvgIpc) is 2.27. The van der Waals surface area contributed by atoms with Gasteiger partial charge in [0.2, 0.25) is 0 Å². The van der Waals surface area contributed by atoms with Crippen LogP contribution in [0.1, 0.15) is 27.2 Å². The molecule has 0 heterocycles. The first-order chi connectivity index (χ1) is 7.58. The van der Waals surface area contributed by atoms with Crippen LogP contribution in [0.2, 0.25) is 0 Å². The van der Waals surface area contributed by atoms with E-state index in [4.69, 9.17) is 4.74 Å². The van der Waals surface area contributed by atoms with E-state index in [9.17, 15) is 5.11 Å². The summed E-state index contributed by atoms with van der Waals surface area (Å²) in [6.45, 7) is 10.7. The van der Waals surface area contributed by atoms with Crippen LogP contribution >= 0.6 is 0 Å². The smallest absolute Gasteiger partial charge is 0.0611 e. The molecule has 1 atom stereocenters. The Kier molecular flexibility index (Phi) is 8.84. The Morgan fingerprint density at radius 2 is 2.00 bits per heavy atom.